The number of benzene rings is 2. The van der Waals surface area contributed by atoms with Gasteiger partial charge in [0, 0.05) is 28.5 Å². The predicted molar refractivity (Wildman–Crippen MR) is 118 cm³/mol. The molecule has 0 saturated heterocycles. The lowest BCUT2D eigenvalue weighted by Gasteiger charge is -2.32. The summed E-state index contributed by atoms with van der Waals surface area (Å²) in [5.41, 5.74) is -6.45. The summed E-state index contributed by atoms with van der Waals surface area (Å²) >= 11 is 11.5. The van der Waals surface area contributed by atoms with Gasteiger partial charge in [-0.2, -0.15) is 26.3 Å². The number of alkyl halides is 6. The zero-order chi connectivity index (χ0) is 26.8. The number of nitrogens with one attached hydrogen (secondary N) is 2. The molecule has 0 heterocycles. The van der Waals surface area contributed by atoms with Gasteiger partial charge in [-0.15, -0.1) is 0 Å². The first kappa shape index (κ1) is 29.0. The molecule has 1 amide bonds. The number of hydrogen-bond acceptors (Lipinski definition) is 5. The van der Waals surface area contributed by atoms with Crippen LogP contribution in [0, 0.1) is 0 Å². The predicted octanol–water partition coefficient (Wildman–Crippen LogP) is 4.54. The van der Waals surface area contributed by atoms with Crippen molar-refractivity contribution in [2.45, 2.75) is 24.5 Å². The molecule has 0 aliphatic carbocycles. The molecule has 0 spiro atoms. The lowest BCUT2D eigenvalue weighted by atomic mass is 9.92. The van der Waals surface area contributed by atoms with Crippen LogP contribution in [-0.4, -0.2) is 44.2 Å². The lowest BCUT2D eigenvalue weighted by Crippen LogP contribution is -2.47. The van der Waals surface area contributed by atoms with E-state index in [4.69, 9.17) is 23.2 Å². The average Bonchev–Trinajstić information content (AvgIpc) is 2.67. The summed E-state index contributed by atoms with van der Waals surface area (Å²) in [5, 5.41) is 14.2. The lowest BCUT2D eigenvalue weighted by molar-refractivity contribution is -0.260. The van der Waals surface area contributed by atoms with E-state index in [1.807, 2.05) is 5.32 Å². The van der Waals surface area contributed by atoms with Crippen molar-refractivity contribution in [1.82, 2.24) is 5.32 Å². The highest BCUT2D eigenvalue weighted by molar-refractivity contribution is 7.91. The van der Waals surface area contributed by atoms with Crippen LogP contribution in [0.5, 0.6) is 0 Å². The highest BCUT2D eigenvalue weighted by atomic mass is 35.5. The van der Waals surface area contributed by atoms with Gasteiger partial charge >= 0.3 is 12.4 Å². The number of sulfone groups is 1. The molecule has 0 aromatic heterocycles. The minimum absolute atomic E-state index is 0.197. The minimum Gasteiger partial charge on any atom is -0.381 e. The summed E-state index contributed by atoms with van der Waals surface area (Å²) in [5.74, 6) is -1.96. The van der Waals surface area contributed by atoms with Crippen molar-refractivity contribution in [3.63, 3.8) is 0 Å². The maximum absolute atomic E-state index is 13.7. The van der Waals surface area contributed by atoms with E-state index in [1.165, 1.54) is 0 Å². The number of carbonyl (C=O) groups excluding carboxylic acids is 1. The molecule has 3 N–H and O–H groups in total. The second-order valence-electron chi connectivity index (χ2n) is 7.59. The minimum atomic E-state index is -5.26. The van der Waals surface area contributed by atoms with Crippen molar-refractivity contribution in [3.8, 4) is 0 Å². The van der Waals surface area contributed by atoms with Gasteiger partial charge in [0.15, 0.2) is 9.84 Å². The number of amides is 1. The van der Waals surface area contributed by atoms with Gasteiger partial charge in [-0.3, -0.25) is 4.79 Å². The van der Waals surface area contributed by atoms with Crippen LogP contribution in [0.15, 0.2) is 36.4 Å². The Morgan fingerprint density at radius 3 is 2.06 bits per heavy atom. The first-order valence-corrected chi connectivity index (χ1v) is 12.3. The summed E-state index contributed by atoms with van der Waals surface area (Å²) in [6, 6.07) is 5.20. The maximum Gasteiger partial charge on any atom is 0.423 e. The summed E-state index contributed by atoms with van der Waals surface area (Å²) < 4.78 is 104. The van der Waals surface area contributed by atoms with Gasteiger partial charge in [0.25, 0.3) is 0 Å². The third-order valence-corrected chi connectivity index (χ3v) is 5.86. The molecule has 0 radical (unpaired) electrons. The number of aliphatic hydroxyl groups is 1. The van der Waals surface area contributed by atoms with Gasteiger partial charge in [-0.25, -0.2) is 8.42 Å². The monoisotopic (exact) mass is 566 g/mol. The Balaban J connectivity index is 2.32. The first-order valence-electron chi connectivity index (χ1n) is 9.46. The molecule has 6 nitrogen and oxygen atoms in total. The molecule has 0 saturated carbocycles. The van der Waals surface area contributed by atoms with Crippen molar-refractivity contribution < 1.29 is 44.7 Å². The largest absolute Gasteiger partial charge is 0.423 e. The molecular weight excluding hydrogens is 549 g/mol. The normalized spacial score (nSPS) is 14.3. The van der Waals surface area contributed by atoms with E-state index in [2.05, 4.69) is 5.32 Å². The van der Waals surface area contributed by atoms with E-state index in [1.54, 1.807) is 0 Å². The maximum atomic E-state index is 13.7. The van der Waals surface area contributed by atoms with Crippen LogP contribution in [0.4, 0.5) is 32.0 Å². The fraction of sp³-hybridized carbons (Fsp3) is 0.350. The molecule has 2 aromatic carbocycles. The molecule has 2 aromatic rings. The third kappa shape index (κ3) is 7.89. The average molecular weight is 567 g/mol. The summed E-state index contributed by atoms with van der Waals surface area (Å²) in [6.45, 7) is -1.97. The smallest absolute Gasteiger partial charge is 0.381 e. The van der Waals surface area contributed by atoms with E-state index in [0.29, 0.717) is 6.07 Å². The quantitative estimate of drug-likeness (QED) is 0.408. The third-order valence-electron chi connectivity index (χ3n) is 4.64. The molecule has 0 aliphatic heterocycles. The van der Waals surface area contributed by atoms with Gasteiger partial charge in [0.1, 0.15) is 5.75 Å². The molecule has 0 bridgehead atoms. The number of carbonyl (C=O) groups is 1. The SMILES string of the molecule is CS(=O)(=O)CC(=O)NCc1ccc(NC[C@@](O)(c2cc(Cl)cc(Cl)c2)C(F)(F)F)cc1C(F)(F)F. The molecule has 2 rings (SSSR count). The zero-order valence-corrected chi connectivity index (χ0v) is 20.0. The topological polar surface area (TPSA) is 95.5 Å². The number of halogens is 8. The van der Waals surface area contributed by atoms with Crippen LogP contribution in [0.25, 0.3) is 0 Å². The Labute approximate surface area is 206 Å². The van der Waals surface area contributed by atoms with Gasteiger partial charge in [0.05, 0.1) is 12.1 Å². The highest BCUT2D eigenvalue weighted by Gasteiger charge is 2.55. The molecule has 0 aliphatic rings. The van der Waals surface area contributed by atoms with Crippen molar-refractivity contribution in [3.05, 3.63) is 63.1 Å². The molecule has 0 unspecified atom stereocenters. The van der Waals surface area contributed by atoms with Crippen LogP contribution in [0.3, 0.4) is 0 Å². The van der Waals surface area contributed by atoms with Crippen molar-refractivity contribution in [2.75, 3.05) is 23.9 Å². The molecule has 0 fully saturated rings. The summed E-state index contributed by atoms with van der Waals surface area (Å²) in [4.78, 5) is 11.6. The molecule has 194 valence electrons. The summed E-state index contributed by atoms with van der Waals surface area (Å²) in [6.07, 6.45) is -9.45. The van der Waals surface area contributed by atoms with Crippen LogP contribution in [0.2, 0.25) is 10.0 Å². The van der Waals surface area contributed by atoms with Crippen molar-refractivity contribution >= 4 is 44.6 Å². The zero-order valence-electron chi connectivity index (χ0n) is 17.7. The van der Waals surface area contributed by atoms with Gasteiger partial charge < -0.3 is 15.7 Å². The van der Waals surface area contributed by atoms with E-state index in [-0.39, 0.29) is 10.0 Å². The number of hydrogen-bond donors (Lipinski definition) is 3. The Hall–Kier alpha value is -2.22. The number of anilines is 1. The van der Waals surface area contributed by atoms with Crippen LogP contribution in [0.1, 0.15) is 16.7 Å². The molecular formula is C20H18Cl2F6N2O4S. The van der Waals surface area contributed by atoms with E-state index >= 15 is 0 Å². The van der Waals surface area contributed by atoms with Crippen molar-refractivity contribution in [2.24, 2.45) is 0 Å². The van der Waals surface area contributed by atoms with E-state index in [0.717, 1.165) is 36.6 Å². The van der Waals surface area contributed by atoms with Crippen molar-refractivity contribution in [1.29, 1.82) is 0 Å². The van der Waals surface area contributed by atoms with Crippen LogP contribution >= 0.6 is 23.2 Å². The number of rotatable bonds is 8. The first-order chi connectivity index (χ1) is 15.8. The summed E-state index contributed by atoms with van der Waals surface area (Å²) in [7, 11) is -3.71. The second-order valence-corrected chi connectivity index (χ2v) is 10.6. The van der Waals surface area contributed by atoms with E-state index < -0.39 is 74.9 Å². The van der Waals surface area contributed by atoms with Crippen LogP contribution < -0.4 is 10.6 Å². The fourth-order valence-corrected chi connectivity index (χ4v) is 4.08. The Kier molecular flexibility index (Phi) is 8.63. The molecule has 35 heavy (non-hydrogen) atoms. The Bertz CT molecular complexity index is 1180. The standard InChI is InChI=1S/C20H18Cl2F6N2O4S/c1-35(33,34)9-17(31)29-8-11-2-3-15(7-16(11)19(23,24)25)30-10-18(32,20(26,27)28)12-4-13(21)6-14(22)5-12/h2-7,30,32H,8-10H2,1H3,(H,29,31)/t18-/m1/s1. The molecule has 1 atom stereocenters. The Morgan fingerprint density at radius 2 is 1.57 bits per heavy atom. The van der Waals surface area contributed by atoms with Crippen LogP contribution in [-0.2, 0) is 33.0 Å². The second kappa shape index (κ2) is 10.4. The fourth-order valence-electron chi connectivity index (χ4n) is 2.98. The van der Waals surface area contributed by atoms with Gasteiger partial charge in [-0.05, 0) is 41.5 Å². The van der Waals surface area contributed by atoms with Gasteiger partial charge in [-0.1, -0.05) is 29.3 Å². The van der Waals surface area contributed by atoms with E-state index in [9.17, 15) is 44.7 Å². The highest BCUT2D eigenvalue weighted by Crippen LogP contribution is 2.41. The van der Waals surface area contributed by atoms with Gasteiger partial charge in [0.2, 0.25) is 11.5 Å². The Morgan fingerprint density at radius 1 is 1.00 bits per heavy atom. The molecule has 15 heteroatoms.